The zero-order chi connectivity index (χ0) is 15.2. The van der Waals surface area contributed by atoms with Crippen molar-refractivity contribution >= 4 is 11.6 Å². The summed E-state index contributed by atoms with van der Waals surface area (Å²) in [6.45, 7) is 1.39. The van der Waals surface area contributed by atoms with E-state index >= 15 is 0 Å². The fourth-order valence-electron chi connectivity index (χ4n) is 2.99. The van der Waals surface area contributed by atoms with Crippen molar-refractivity contribution < 1.29 is 18.0 Å². The van der Waals surface area contributed by atoms with Crippen LogP contribution in [0.3, 0.4) is 0 Å². The first-order valence-corrected chi connectivity index (χ1v) is 7.09. The van der Waals surface area contributed by atoms with Gasteiger partial charge in [0.05, 0.1) is 11.6 Å². The molecular weight excluding hydrogens is 281 g/mol. The second-order valence-corrected chi connectivity index (χ2v) is 5.88. The number of carbonyl (C=O) groups excluding carboxylic acids is 1. The number of amides is 1. The van der Waals surface area contributed by atoms with Crippen LogP contribution in [0.2, 0.25) is 0 Å². The highest BCUT2D eigenvalue weighted by Gasteiger charge is 2.38. The maximum Gasteiger partial charge on any atom is 0.416 e. The van der Waals surface area contributed by atoms with E-state index in [1.807, 2.05) is 0 Å². The van der Waals surface area contributed by atoms with E-state index in [1.165, 1.54) is 13.0 Å². The molecule has 0 radical (unpaired) electrons. The lowest BCUT2D eigenvalue weighted by atomic mass is 9.89. The van der Waals surface area contributed by atoms with Crippen molar-refractivity contribution in [1.82, 2.24) is 5.32 Å². The number of rotatable bonds is 2. The van der Waals surface area contributed by atoms with E-state index in [0.717, 1.165) is 25.0 Å². The monoisotopic (exact) mass is 298 g/mol. The lowest BCUT2D eigenvalue weighted by molar-refractivity contribution is -0.137. The van der Waals surface area contributed by atoms with Gasteiger partial charge in [-0.3, -0.25) is 4.79 Å². The Labute approximate surface area is 120 Å². The molecular formula is C15H17F3N2O. The van der Waals surface area contributed by atoms with E-state index in [1.54, 1.807) is 0 Å². The Bertz CT molecular complexity index is 567. The fraction of sp³-hybridized carbons (Fsp3) is 0.533. The summed E-state index contributed by atoms with van der Waals surface area (Å²) in [7, 11) is 0. The van der Waals surface area contributed by atoms with Crippen LogP contribution in [0.1, 0.15) is 43.4 Å². The third-order valence-corrected chi connectivity index (χ3v) is 4.15. The molecule has 21 heavy (non-hydrogen) atoms. The number of nitrogens with one attached hydrogen (secondary N) is 2. The van der Waals surface area contributed by atoms with E-state index in [9.17, 15) is 18.0 Å². The van der Waals surface area contributed by atoms with Gasteiger partial charge in [0.15, 0.2) is 0 Å². The molecule has 1 aliphatic carbocycles. The maximum absolute atomic E-state index is 12.9. The van der Waals surface area contributed by atoms with Crippen LogP contribution in [0, 0.1) is 5.92 Å². The molecule has 2 aliphatic rings. The summed E-state index contributed by atoms with van der Waals surface area (Å²) in [4.78, 5) is 11.3. The van der Waals surface area contributed by atoms with Crippen molar-refractivity contribution in [3.8, 4) is 0 Å². The zero-order valence-corrected chi connectivity index (χ0v) is 11.6. The second kappa shape index (κ2) is 4.93. The SMILES string of the molecule is CC(=O)N[C@H]1C[C@@H](C2CC2)Nc2ccc(C(F)(F)F)cc21. The average Bonchev–Trinajstić information content (AvgIpc) is 3.20. The highest BCUT2D eigenvalue weighted by atomic mass is 19.4. The lowest BCUT2D eigenvalue weighted by Gasteiger charge is -2.34. The van der Waals surface area contributed by atoms with Gasteiger partial charge in [-0.05, 0) is 48.9 Å². The van der Waals surface area contributed by atoms with Crippen LogP contribution >= 0.6 is 0 Å². The minimum absolute atomic E-state index is 0.222. The van der Waals surface area contributed by atoms with Gasteiger partial charge in [-0.25, -0.2) is 0 Å². The fourth-order valence-corrected chi connectivity index (χ4v) is 2.99. The Morgan fingerprint density at radius 1 is 1.33 bits per heavy atom. The van der Waals surface area contributed by atoms with Crippen LogP contribution in [0.15, 0.2) is 18.2 Å². The summed E-state index contributed by atoms with van der Waals surface area (Å²) in [5, 5.41) is 6.11. The predicted molar refractivity (Wildman–Crippen MR) is 72.8 cm³/mol. The molecule has 6 heteroatoms. The van der Waals surface area contributed by atoms with Gasteiger partial charge in [0.2, 0.25) is 5.91 Å². The van der Waals surface area contributed by atoms with Gasteiger partial charge >= 0.3 is 6.18 Å². The van der Waals surface area contributed by atoms with Crippen LogP contribution in [0.25, 0.3) is 0 Å². The molecule has 1 amide bonds. The number of anilines is 1. The van der Waals surface area contributed by atoms with E-state index in [2.05, 4.69) is 10.6 Å². The summed E-state index contributed by atoms with van der Waals surface area (Å²) >= 11 is 0. The summed E-state index contributed by atoms with van der Waals surface area (Å²) in [6, 6.07) is 3.58. The van der Waals surface area contributed by atoms with E-state index in [0.29, 0.717) is 23.6 Å². The average molecular weight is 298 g/mol. The Morgan fingerprint density at radius 3 is 2.62 bits per heavy atom. The molecule has 0 spiro atoms. The number of fused-ring (bicyclic) bond motifs is 1. The standard InChI is InChI=1S/C15H17F3N2O/c1-8(21)19-14-7-13(9-2-3-9)20-12-5-4-10(6-11(12)14)15(16,17)18/h4-6,9,13-14,20H,2-3,7H2,1H3,(H,19,21)/t13-,14-/m0/s1. The molecule has 1 aliphatic heterocycles. The molecule has 3 nitrogen and oxygen atoms in total. The zero-order valence-electron chi connectivity index (χ0n) is 11.6. The Morgan fingerprint density at radius 2 is 2.05 bits per heavy atom. The van der Waals surface area contributed by atoms with Gasteiger partial charge in [0, 0.05) is 18.7 Å². The molecule has 3 rings (SSSR count). The van der Waals surface area contributed by atoms with Crippen LogP contribution in [0.4, 0.5) is 18.9 Å². The lowest BCUT2D eigenvalue weighted by Crippen LogP contribution is -2.37. The number of hydrogen-bond acceptors (Lipinski definition) is 2. The van der Waals surface area contributed by atoms with Crippen molar-refractivity contribution in [3.05, 3.63) is 29.3 Å². The van der Waals surface area contributed by atoms with Gasteiger partial charge in [0.25, 0.3) is 0 Å². The predicted octanol–water partition coefficient (Wildman–Crippen LogP) is 3.48. The quantitative estimate of drug-likeness (QED) is 0.877. The summed E-state index contributed by atoms with van der Waals surface area (Å²) < 4.78 is 38.6. The van der Waals surface area contributed by atoms with Crippen molar-refractivity contribution in [1.29, 1.82) is 0 Å². The molecule has 0 saturated heterocycles. The van der Waals surface area contributed by atoms with Gasteiger partial charge in [-0.2, -0.15) is 13.2 Å². The summed E-state index contributed by atoms with van der Waals surface area (Å²) in [5.74, 6) is 0.344. The first-order valence-electron chi connectivity index (χ1n) is 7.09. The molecule has 1 aromatic carbocycles. The molecule has 2 N–H and O–H groups in total. The van der Waals surface area contributed by atoms with Gasteiger partial charge in [0.1, 0.15) is 0 Å². The molecule has 114 valence electrons. The van der Waals surface area contributed by atoms with Gasteiger partial charge < -0.3 is 10.6 Å². The Kier molecular flexibility index (Phi) is 3.34. The third kappa shape index (κ3) is 2.99. The van der Waals surface area contributed by atoms with E-state index < -0.39 is 11.7 Å². The topological polar surface area (TPSA) is 41.1 Å². The number of hydrogen-bond donors (Lipinski definition) is 2. The maximum atomic E-state index is 12.9. The largest absolute Gasteiger partial charge is 0.416 e. The smallest absolute Gasteiger partial charge is 0.382 e. The number of alkyl halides is 3. The van der Waals surface area contributed by atoms with Crippen LogP contribution in [-0.4, -0.2) is 11.9 Å². The summed E-state index contributed by atoms with van der Waals surface area (Å²) in [5.41, 5.74) is 0.546. The Hall–Kier alpha value is -1.72. The summed E-state index contributed by atoms with van der Waals surface area (Å²) in [6.07, 6.45) is -1.46. The van der Waals surface area contributed by atoms with Crippen molar-refractivity contribution in [2.24, 2.45) is 5.92 Å². The normalized spacial score (nSPS) is 25.0. The van der Waals surface area contributed by atoms with Crippen molar-refractivity contribution in [2.45, 2.75) is 44.4 Å². The van der Waals surface area contributed by atoms with Crippen LogP contribution < -0.4 is 10.6 Å². The van der Waals surface area contributed by atoms with E-state index in [-0.39, 0.29) is 18.0 Å². The molecule has 0 unspecified atom stereocenters. The first-order chi connectivity index (χ1) is 9.84. The number of benzene rings is 1. The molecule has 2 atom stereocenters. The molecule has 1 aromatic rings. The molecule has 1 heterocycles. The van der Waals surface area contributed by atoms with Gasteiger partial charge in [-0.15, -0.1) is 0 Å². The molecule has 1 saturated carbocycles. The first kappa shape index (κ1) is 14.2. The van der Waals surface area contributed by atoms with Crippen LogP contribution in [0.5, 0.6) is 0 Å². The van der Waals surface area contributed by atoms with Gasteiger partial charge in [-0.1, -0.05) is 0 Å². The molecule has 0 bridgehead atoms. The van der Waals surface area contributed by atoms with Crippen molar-refractivity contribution in [2.75, 3.05) is 5.32 Å². The Balaban J connectivity index is 1.95. The minimum atomic E-state index is -4.37. The third-order valence-electron chi connectivity index (χ3n) is 4.15. The van der Waals surface area contributed by atoms with Crippen LogP contribution in [-0.2, 0) is 11.0 Å². The molecule has 0 aromatic heterocycles. The van der Waals surface area contributed by atoms with E-state index in [4.69, 9.17) is 0 Å². The second-order valence-electron chi connectivity index (χ2n) is 5.88. The number of carbonyl (C=O) groups is 1. The highest BCUT2D eigenvalue weighted by molar-refractivity contribution is 5.74. The minimum Gasteiger partial charge on any atom is -0.382 e. The molecule has 1 fully saturated rings. The van der Waals surface area contributed by atoms with Crippen molar-refractivity contribution in [3.63, 3.8) is 0 Å². The number of halogens is 3. The highest BCUT2D eigenvalue weighted by Crippen LogP contribution is 2.44.